The number of hydrogen-bond acceptors (Lipinski definition) is 0. The van der Waals surface area contributed by atoms with Gasteiger partial charge in [0.2, 0.25) is 0 Å². The van der Waals surface area contributed by atoms with E-state index in [4.69, 9.17) is 0 Å². The zero-order valence-corrected chi connectivity index (χ0v) is 13.8. The summed E-state index contributed by atoms with van der Waals surface area (Å²) in [5.41, 5.74) is 0.935. The fourth-order valence-electron chi connectivity index (χ4n) is 3.05. The second-order valence-electron chi connectivity index (χ2n) is 7.86. The Bertz CT molecular complexity index is 210. The fraction of sp³-hybridized carbons (Fsp3) is 0.941. The quantitative estimate of drug-likeness (QED) is 0.470. The first-order valence-electron chi connectivity index (χ1n) is 7.34. The van der Waals surface area contributed by atoms with E-state index in [1.54, 1.807) is 5.92 Å². The number of rotatable bonds is 7. The molecule has 0 aliphatic carbocycles. The zero-order valence-electron chi connectivity index (χ0n) is 13.8. The second-order valence-corrected chi connectivity index (χ2v) is 7.86. The van der Waals surface area contributed by atoms with E-state index in [0.717, 1.165) is 11.8 Å². The van der Waals surface area contributed by atoms with E-state index in [1.807, 2.05) is 0 Å². The predicted octanol–water partition coefficient (Wildman–Crippen LogP) is 6.12. The molecule has 0 radical (unpaired) electrons. The molecule has 0 rings (SSSR count). The summed E-state index contributed by atoms with van der Waals surface area (Å²) < 4.78 is 0. The highest BCUT2D eigenvalue weighted by Gasteiger charge is 2.35. The molecule has 17 heavy (non-hydrogen) atoms. The van der Waals surface area contributed by atoms with Gasteiger partial charge in [0, 0.05) is 0 Å². The zero-order chi connectivity index (χ0) is 13.9. The Morgan fingerprint density at radius 2 is 1.41 bits per heavy atom. The first-order chi connectivity index (χ1) is 7.51. The van der Waals surface area contributed by atoms with Gasteiger partial charge in [-0.1, -0.05) is 41.0 Å². The Kier molecular flexibility index (Phi) is 6.11. The molecule has 0 aromatic carbocycles. The van der Waals surface area contributed by atoms with E-state index in [9.17, 15) is 0 Å². The van der Waals surface area contributed by atoms with Crippen molar-refractivity contribution in [1.29, 1.82) is 0 Å². The summed E-state index contributed by atoms with van der Waals surface area (Å²) in [5.74, 6) is 3.13. The highest BCUT2D eigenvalue weighted by molar-refractivity contribution is 4.95. The van der Waals surface area contributed by atoms with Gasteiger partial charge in [0.05, 0.1) is 24.7 Å². The largest absolute Gasteiger partial charge is 0.0979 e. The van der Waals surface area contributed by atoms with Crippen LogP contribution in [0.1, 0.15) is 81.6 Å². The third-order valence-corrected chi connectivity index (χ3v) is 4.46. The first kappa shape index (κ1) is 16.9. The van der Waals surface area contributed by atoms with Crippen LogP contribution in [0.15, 0.2) is 0 Å². The maximum atomic E-state index is 2.44. The Labute approximate surface area is 111 Å². The summed E-state index contributed by atoms with van der Waals surface area (Å²) in [5, 5.41) is 0. The average molecular weight is 239 g/mol. The summed E-state index contributed by atoms with van der Waals surface area (Å²) in [6.45, 7) is 21.3. The lowest BCUT2D eigenvalue weighted by Gasteiger charge is -2.35. The lowest BCUT2D eigenvalue weighted by molar-refractivity contribution is 0.156. The van der Waals surface area contributed by atoms with Crippen LogP contribution in [0.25, 0.3) is 0 Å². The topological polar surface area (TPSA) is 0 Å². The smallest absolute Gasteiger partial charge is 0.0649 e. The van der Waals surface area contributed by atoms with E-state index in [2.05, 4.69) is 62.3 Å². The van der Waals surface area contributed by atoms with Gasteiger partial charge in [0.15, 0.2) is 0 Å². The molecule has 0 amide bonds. The van der Waals surface area contributed by atoms with Crippen LogP contribution in [0, 0.1) is 28.6 Å². The van der Waals surface area contributed by atoms with Crippen molar-refractivity contribution in [2.75, 3.05) is 0 Å². The van der Waals surface area contributed by atoms with Gasteiger partial charge in [-0.15, -0.1) is 0 Å². The Morgan fingerprint density at radius 3 is 1.76 bits per heavy atom. The monoisotopic (exact) mass is 239 g/mol. The van der Waals surface area contributed by atoms with Gasteiger partial charge in [0.25, 0.3) is 0 Å². The maximum absolute atomic E-state index is 2.44. The van der Waals surface area contributed by atoms with Crippen LogP contribution in [0.5, 0.6) is 0 Å². The van der Waals surface area contributed by atoms with Crippen LogP contribution in [0.4, 0.5) is 0 Å². The first-order valence-corrected chi connectivity index (χ1v) is 7.34. The molecule has 0 aromatic heterocycles. The SMILES string of the molecule is CCC(C)(C)CC(C)(C)CC(C)[C+](C)C(C)C. The van der Waals surface area contributed by atoms with Gasteiger partial charge < -0.3 is 0 Å². The molecule has 0 heterocycles. The Hall–Kier alpha value is -0.130. The molecule has 0 aromatic rings. The van der Waals surface area contributed by atoms with E-state index >= 15 is 0 Å². The van der Waals surface area contributed by atoms with Crippen molar-refractivity contribution in [2.45, 2.75) is 81.6 Å². The standard InChI is InChI=1S/C17H35/c1-10-16(6,7)12-17(8,9)11-14(4)15(5)13(2)3/h13-14H,10-12H2,1-9H3/q+1. The van der Waals surface area contributed by atoms with E-state index in [-0.39, 0.29) is 0 Å². The van der Waals surface area contributed by atoms with Gasteiger partial charge in [-0.2, -0.15) is 0 Å². The van der Waals surface area contributed by atoms with Crippen molar-refractivity contribution in [3.05, 3.63) is 5.92 Å². The van der Waals surface area contributed by atoms with E-state index in [0.29, 0.717) is 10.8 Å². The van der Waals surface area contributed by atoms with E-state index in [1.165, 1.54) is 19.3 Å². The molecule has 0 aliphatic rings. The summed E-state index contributed by atoms with van der Waals surface area (Å²) >= 11 is 0. The minimum atomic E-state index is 0.453. The van der Waals surface area contributed by atoms with Crippen LogP contribution in [0.2, 0.25) is 0 Å². The normalized spacial score (nSPS) is 15.2. The van der Waals surface area contributed by atoms with Crippen LogP contribution in [-0.2, 0) is 0 Å². The molecule has 102 valence electrons. The van der Waals surface area contributed by atoms with Crippen LogP contribution in [-0.4, -0.2) is 0 Å². The molecular weight excluding hydrogens is 204 g/mol. The summed E-state index contributed by atoms with van der Waals surface area (Å²) in [6, 6.07) is 0. The van der Waals surface area contributed by atoms with Crippen LogP contribution < -0.4 is 0 Å². The van der Waals surface area contributed by atoms with Crippen LogP contribution in [0.3, 0.4) is 0 Å². The molecule has 0 fully saturated rings. The molecule has 0 spiro atoms. The Morgan fingerprint density at radius 1 is 0.941 bits per heavy atom. The summed E-state index contributed by atoms with van der Waals surface area (Å²) in [6.07, 6.45) is 3.92. The fourth-order valence-corrected chi connectivity index (χ4v) is 3.05. The molecule has 0 saturated carbocycles. The molecule has 0 aliphatic heterocycles. The lowest BCUT2D eigenvalue weighted by Crippen LogP contribution is -2.26. The molecule has 0 nitrogen and oxygen atoms in total. The molecule has 0 saturated heterocycles. The van der Waals surface area contributed by atoms with Crippen molar-refractivity contribution in [3.8, 4) is 0 Å². The minimum absolute atomic E-state index is 0.453. The second kappa shape index (κ2) is 6.16. The summed E-state index contributed by atoms with van der Waals surface area (Å²) in [7, 11) is 0. The van der Waals surface area contributed by atoms with Gasteiger partial charge >= 0.3 is 0 Å². The molecule has 0 N–H and O–H groups in total. The van der Waals surface area contributed by atoms with Crippen molar-refractivity contribution in [1.82, 2.24) is 0 Å². The van der Waals surface area contributed by atoms with Crippen molar-refractivity contribution < 1.29 is 0 Å². The third-order valence-electron chi connectivity index (χ3n) is 4.46. The third kappa shape index (κ3) is 6.38. The predicted molar refractivity (Wildman–Crippen MR) is 80.0 cm³/mol. The molecule has 0 heteroatoms. The minimum Gasteiger partial charge on any atom is -0.0649 e. The van der Waals surface area contributed by atoms with Crippen molar-refractivity contribution in [3.63, 3.8) is 0 Å². The molecular formula is C17H35+. The van der Waals surface area contributed by atoms with Gasteiger partial charge in [-0.25, -0.2) is 0 Å². The van der Waals surface area contributed by atoms with Gasteiger partial charge in [0.1, 0.15) is 0 Å². The highest BCUT2D eigenvalue weighted by atomic mass is 14.4. The summed E-state index contributed by atoms with van der Waals surface area (Å²) in [4.78, 5) is 0. The van der Waals surface area contributed by atoms with Crippen LogP contribution >= 0.6 is 0 Å². The lowest BCUT2D eigenvalue weighted by atomic mass is 9.68. The Balaban J connectivity index is 4.44. The molecule has 0 bridgehead atoms. The average Bonchev–Trinajstić information content (AvgIpc) is 2.13. The molecule has 1 unspecified atom stereocenters. The van der Waals surface area contributed by atoms with Crippen molar-refractivity contribution in [2.24, 2.45) is 22.7 Å². The van der Waals surface area contributed by atoms with Gasteiger partial charge in [-0.05, 0) is 44.4 Å². The molecule has 1 atom stereocenters. The van der Waals surface area contributed by atoms with Gasteiger partial charge in [-0.3, -0.25) is 0 Å². The maximum Gasteiger partial charge on any atom is 0.0979 e. The van der Waals surface area contributed by atoms with Crippen molar-refractivity contribution >= 4 is 0 Å². The highest BCUT2D eigenvalue weighted by Crippen LogP contribution is 2.42. The number of hydrogen-bond donors (Lipinski definition) is 0. The van der Waals surface area contributed by atoms with E-state index < -0.39 is 0 Å².